The van der Waals surface area contributed by atoms with Crippen molar-refractivity contribution in [1.82, 2.24) is 24.8 Å². The van der Waals surface area contributed by atoms with Gasteiger partial charge in [-0.25, -0.2) is 18.2 Å². The number of aliphatic hydroxyl groups excluding tert-OH is 1. The minimum Gasteiger partial charge on any atom is -0.483 e. The average molecular weight is 752 g/mol. The predicted molar refractivity (Wildman–Crippen MR) is 194 cm³/mol. The molecule has 0 radical (unpaired) electrons. The first-order valence-corrected chi connectivity index (χ1v) is 20.1. The van der Waals surface area contributed by atoms with Crippen molar-refractivity contribution in [3.05, 3.63) is 47.7 Å². The molecule has 2 saturated carbocycles. The zero-order valence-corrected chi connectivity index (χ0v) is 31.4. The Bertz CT molecular complexity index is 2000. The lowest BCUT2D eigenvalue weighted by atomic mass is 9.85. The van der Waals surface area contributed by atoms with E-state index in [1.54, 1.807) is 27.7 Å². The second kappa shape index (κ2) is 13.3. The minimum absolute atomic E-state index is 0.0340. The number of pyridine rings is 1. The van der Waals surface area contributed by atoms with Crippen molar-refractivity contribution >= 4 is 44.7 Å². The summed E-state index contributed by atoms with van der Waals surface area (Å²) in [4.78, 5) is 63.2. The van der Waals surface area contributed by atoms with Crippen molar-refractivity contribution in [2.24, 2.45) is 5.92 Å². The molecule has 2 aliphatic carbocycles. The molecule has 4 N–H and O–H groups in total. The van der Waals surface area contributed by atoms with E-state index >= 15 is 0 Å². The van der Waals surface area contributed by atoms with Gasteiger partial charge in [-0.2, -0.15) is 0 Å². The fourth-order valence-corrected chi connectivity index (χ4v) is 9.86. The summed E-state index contributed by atoms with van der Waals surface area (Å²) in [5, 5.41) is 25.7. The number of carbonyl (C=O) groups is 4. The summed E-state index contributed by atoms with van der Waals surface area (Å²) < 4.78 is 34.3. The van der Waals surface area contributed by atoms with Crippen molar-refractivity contribution in [2.45, 2.75) is 132 Å². The number of aliphatic hydroxyl groups is 1. The number of nitrogens with one attached hydrogen (secondary N) is 2. The summed E-state index contributed by atoms with van der Waals surface area (Å²) in [6, 6.07) is 4.51. The summed E-state index contributed by atoms with van der Waals surface area (Å²) in [6.07, 6.45) is 5.36. The third-order valence-corrected chi connectivity index (χ3v) is 14.1. The molecule has 14 nitrogen and oxygen atoms in total. The topological polar surface area (TPSA) is 196 Å². The molecule has 53 heavy (non-hydrogen) atoms. The molecular weight excluding hydrogens is 703 g/mol. The molecule has 15 heteroatoms. The number of para-hydroxylation sites is 1. The molecule has 1 saturated heterocycles. The molecule has 2 unspecified atom stereocenters. The van der Waals surface area contributed by atoms with E-state index in [0.29, 0.717) is 54.6 Å². The number of sulfonamides is 1. The van der Waals surface area contributed by atoms with Crippen molar-refractivity contribution in [1.29, 1.82) is 0 Å². The summed E-state index contributed by atoms with van der Waals surface area (Å²) in [6.45, 7) is 6.60. The number of amides is 4. The SMILES string of the molecule is Cc1nc2ccccc2c2c1O[C@]1(CC2O)C[C@H]2C(=O)N[C@]3(C(=O)NS(=O)(=O)C4(C)CC4)CC3/C=C\CCCCC[C@H](N(C(=O)O)C(C)C)C(=O)N2C1. The van der Waals surface area contributed by atoms with Gasteiger partial charge in [0.2, 0.25) is 21.8 Å². The molecule has 1 aromatic heterocycles. The van der Waals surface area contributed by atoms with Gasteiger partial charge in [0, 0.05) is 35.8 Å². The molecule has 0 bridgehead atoms. The number of benzene rings is 1. The van der Waals surface area contributed by atoms with Crippen LogP contribution in [0, 0.1) is 12.8 Å². The Hall–Kier alpha value is -4.24. The van der Waals surface area contributed by atoms with Gasteiger partial charge < -0.3 is 25.2 Å². The molecule has 286 valence electrons. The highest BCUT2D eigenvalue weighted by molar-refractivity contribution is 7.91. The van der Waals surface area contributed by atoms with Gasteiger partial charge in [-0.15, -0.1) is 0 Å². The standard InChI is InChI=1S/C38H49N5O9S/c1-22(2)43(35(48)49)27-15-9-7-5-6-8-12-24-18-38(24,34(47)41-53(50,51)36(4)16-17-36)40-32(45)28-19-37(21-42(28)33(27)46)20-29(44)30-25-13-10-11-14-26(25)39-23(3)31(30)52-37/h8,10-14,22,24,27-29,44H,5-7,9,15-21H2,1-4H3,(H,40,45)(H,41,47)(H,48,49)/b12-8-/t24?,27-,28-,29?,37-,38+/m0/s1. The Balaban J connectivity index is 1.28. The second-order valence-electron chi connectivity index (χ2n) is 16.2. The van der Waals surface area contributed by atoms with Crippen LogP contribution in [-0.2, 0) is 24.4 Å². The highest BCUT2D eigenvalue weighted by Crippen LogP contribution is 2.51. The maximum atomic E-state index is 14.8. The van der Waals surface area contributed by atoms with Gasteiger partial charge in [0.1, 0.15) is 29.0 Å². The molecule has 5 aliphatic rings. The molecule has 3 aliphatic heterocycles. The molecule has 1 spiro atoms. The first-order chi connectivity index (χ1) is 25.0. The lowest BCUT2D eigenvalue weighted by Gasteiger charge is -2.39. The fourth-order valence-electron chi connectivity index (χ4n) is 8.55. The third-order valence-electron chi connectivity index (χ3n) is 12.0. The number of nitrogens with zero attached hydrogens (tertiary/aromatic N) is 3. The highest BCUT2D eigenvalue weighted by Gasteiger charge is 2.64. The monoisotopic (exact) mass is 751 g/mol. The molecule has 6 atom stereocenters. The van der Waals surface area contributed by atoms with Crippen LogP contribution in [0.4, 0.5) is 4.79 Å². The maximum absolute atomic E-state index is 14.8. The van der Waals surface area contributed by atoms with Gasteiger partial charge in [0.05, 0.1) is 28.6 Å². The van der Waals surface area contributed by atoms with Crippen LogP contribution in [-0.4, -0.2) is 97.8 Å². The van der Waals surface area contributed by atoms with Crippen molar-refractivity contribution in [3.8, 4) is 5.75 Å². The van der Waals surface area contributed by atoms with Crippen LogP contribution >= 0.6 is 0 Å². The third kappa shape index (κ3) is 6.53. The van der Waals surface area contributed by atoms with E-state index in [-0.39, 0.29) is 32.2 Å². The number of carbonyl (C=O) groups excluding carboxylic acids is 3. The van der Waals surface area contributed by atoms with E-state index in [1.807, 2.05) is 36.4 Å². The number of ether oxygens (including phenoxy) is 1. The number of rotatable bonds is 5. The fraction of sp³-hybridized carbons (Fsp3) is 0.605. The summed E-state index contributed by atoms with van der Waals surface area (Å²) >= 11 is 0. The largest absolute Gasteiger partial charge is 0.483 e. The molecule has 4 amide bonds. The Kier molecular flexibility index (Phi) is 9.28. The molecule has 4 heterocycles. The number of carboxylic acid groups (broad SMARTS) is 1. The highest BCUT2D eigenvalue weighted by atomic mass is 32.2. The van der Waals surface area contributed by atoms with E-state index in [2.05, 4.69) is 10.0 Å². The van der Waals surface area contributed by atoms with Crippen molar-refractivity contribution < 1.29 is 42.5 Å². The maximum Gasteiger partial charge on any atom is 0.408 e. The normalized spacial score (nSPS) is 31.6. The van der Waals surface area contributed by atoms with Crippen LogP contribution in [0.5, 0.6) is 5.75 Å². The number of aromatic nitrogens is 1. The molecule has 7 rings (SSSR count). The van der Waals surface area contributed by atoms with Gasteiger partial charge in [0.25, 0.3) is 5.91 Å². The molecule has 3 fully saturated rings. The van der Waals surface area contributed by atoms with Crippen LogP contribution in [0.25, 0.3) is 10.9 Å². The number of allylic oxidation sites excluding steroid dienone is 1. The van der Waals surface area contributed by atoms with Crippen LogP contribution in [0.2, 0.25) is 0 Å². The molecule has 2 aromatic rings. The summed E-state index contributed by atoms with van der Waals surface area (Å²) in [5.41, 5.74) is -1.04. The van der Waals surface area contributed by atoms with E-state index < -0.39 is 79.9 Å². The number of hydrogen-bond acceptors (Lipinski definition) is 9. The van der Waals surface area contributed by atoms with Crippen LogP contribution in [0.1, 0.15) is 102 Å². The van der Waals surface area contributed by atoms with Gasteiger partial charge in [-0.3, -0.25) is 24.0 Å². The van der Waals surface area contributed by atoms with Crippen LogP contribution in [0.3, 0.4) is 0 Å². The average Bonchev–Trinajstić information content (AvgIpc) is 3.98. The summed E-state index contributed by atoms with van der Waals surface area (Å²) in [7, 11) is -4.02. The number of hydrogen-bond donors (Lipinski definition) is 4. The van der Waals surface area contributed by atoms with E-state index in [1.165, 1.54) is 4.90 Å². The minimum atomic E-state index is -4.02. The van der Waals surface area contributed by atoms with Crippen LogP contribution < -0.4 is 14.8 Å². The second-order valence-corrected chi connectivity index (χ2v) is 18.4. The predicted octanol–water partition coefficient (Wildman–Crippen LogP) is 3.85. The number of fused-ring (bicyclic) bond motifs is 5. The smallest absolute Gasteiger partial charge is 0.408 e. The Labute approximate surface area is 309 Å². The van der Waals surface area contributed by atoms with Crippen molar-refractivity contribution in [2.75, 3.05) is 6.54 Å². The Morgan fingerprint density at radius 1 is 1.11 bits per heavy atom. The van der Waals surface area contributed by atoms with E-state index in [9.17, 15) is 37.8 Å². The number of aryl methyl sites for hydroxylation is 1. The van der Waals surface area contributed by atoms with Crippen molar-refractivity contribution in [3.63, 3.8) is 0 Å². The van der Waals surface area contributed by atoms with Gasteiger partial charge in [-0.1, -0.05) is 43.2 Å². The lowest BCUT2D eigenvalue weighted by Crippen LogP contribution is -2.59. The van der Waals surface area contributed by atoms with Gasteiger partial charge >= 0.3 is 6.09 Å². The van der Waals surface area contributed by atoms with E-state index in [0.717, 1.165) is 16.7 Å². The van der Waals surface area contributed by atoms with Gasteiger partial charge in [0.15, 0.2) is 0 Å². The first-order valence-electron chi connectivity index (χ1n) is 18.6. The van der Waals surface area contributed by atoms with E-state index in [4.69, 9.17) is 9.72 Å². The zero-order chi connectivity index (χ0) is 38.1. The zero-order valence-electron chi connectivity index (χ0n) is 30.6. The first kappa shape index (κ1) is 37.1. The molecule has 1 aromatic carbocycles. The molecular formula is C38H49N5O9S. The quantitative estimate of drug-likeness (QED) is 0.326. The van der Waals surface area contributed by atoms with Crippen LogP contribution in [0.15, 0.2) is 36.4 Å². The Morgan fingerprint density at radius 2 is 1.85 bits per heavy atom. The van der Waals surface area contributed by atoms with Gasteiger partial charge in [-0.05, 0) is 72.3 Å². The Morgan fingerprint density at radius 3 is 2.55 bits per heavy atom. The lowest BCUT2D eigenvalue weighted by molar-refractivity contribution is -0.144. The summed E-state index contributed by atoms with van der Waals surface area (Å²) in [5.74, 6) is -2.20.